The average molecular weight is 314 g/mol. The molecule has 0 fully saturated rings. The maximum Gasteiger partial charge on any atom is 0.0720 e. The highest BCUT2D eigenvalue weighted by atomic mass is 15.2. The number of rotatable bonds is 2. The Morgan fingerprint density at radius 3 is 2.88 bits per heavy atom. The van der Waals surface area contributed by atoms with Crippen LogP contribution in [0.25, 0.3) is 33.3 Å². The predicted molar refractivity (Wildman–Crippen MR) is 98.0 cm³/mol. The van der Waals surface area contributed by atoms with Gasteiger partial charge in [0.25, 0.3) is 0 Å². The van der Waals surface area contributed by atoms with Gasteiger partial charge in [-0.3, -0.25) is 5.10 Å². The molecule has 0 unspecified atom stereocenters. The van der Waals surface area contributed by atoms with Crippen molar-refractivity contribution in [3.8, 4) is 22.4 Å². The summed E-state index contributed by atoms with van der Waals surface area (Å²) in [5.41, 5.74) is 8.61. The van der Waals surface area contributed by atoms with Crippen LogP contribution in [0.5, 0.6) is 0 Å². The molecule has 0 saturated heterocycles. The lowest BCUT2D eigenvalue weighted by atomic mass is 9.95. The van der Waals surface area contributed by atoms with Crippen molar-refractivity contribution in [2.24, 2.45) is 0 Å². The lowest BCUT2D eigenvalue weighted by Crippen LogP contribution is -2.25. The Hall–Kier alpha value is -3.01. The third-order valence-electron chi connectivity index (χ3n) is 4.96. The Labute approximate surface area is 140 Å². The Kier molecular flexibility index (Phi) is 2.80. The van der Waals surface area contributed by atoms with E-state index in [9.17, 15) is 0 Å². The zero-order valence-electron chi connectivity index (χ0n) is 13.5. The Morgan fingerprint density at radius 1 is 1.08 bits per heavy atom. The molecule has 24 heavy (non-hydrogen) atoms. The normalized spacial score (nSPS) is 13.1. The molecule has 4 nitrogen and oxygen atoms in total. The van der Waals surface area contributed by atoms with Crippen molar-refractivity contribution in [1.29, 1.82) is 0 Å². The minimum Gasteiger partial charge on any atom is -0.367 e. The summed E-state index contributed by atoms with van der Waals surface area (Å²) in [5.74, 6) is 0. The summed E-state index contributed by atoms with van der Waals surface area (Å²) in [5, 5.41) is 8.63. The summed E-state index contributed by atoms with van der Waals surface area (Å²) < 4.78 is 0. The summed E-state index contributed by atoms with van der Waals surface area (Å²) >= 11 is 0. The van der Waals surface area contributed by atoms with Crippen LogP contribution in [0.4, 0.5) is 5.69 Å². The van der Waals surface area contributed by atoms with Crippen molar-refractivity contribution in [3.63, 3.8) is 0 Å². The van der Waals surface area contributed by atoms with Crippen LogP contribution in [0, 0.1) is 0 Å². The van der Waals surface area contributed by atoms with Crippen LogP contribution >= 0.6 is 0 Å². The summed E-state index contributed by atoms with van der Waals surface area (Å²) in [6.45, 7) is 4.10. The van der Waals surface area contributed by atoms with Gasteiger partial charge >= 0.3 is 0 Å². The molecule has 3 heterocycles. The van der Waals surface area contributed by atoms with Gasteiger partial charge in [-0.2, -0.15) is 5.10 Å². The van der Waals surface area contributed by atoms with Crippen LogP contribution in [-0.2, 0) is 6.54 Å². The molecular weight excluding hydrogens is 296 g/mol. The topological polar surface area (TPSA) is 47.7 Å². The lowest BCUT2D eigenvalue weighted by molar-refractivity contribution is 0.824. The molecule has 2 aromatic heterocycles. The average Bonchev–Trinajstić information content (AvgIpc) is 3.28. The SMILES string of the molecule is CCN1Cc2cn[nH]c2-c2ccc(-c3ccc4[nH]ccc4c3)cc21. The van der Waals surface area contributed by atoms with E-state index in [-0.39, 0.29) is 0 Å². The highest BCUT2D eigenvalue weighted by Gasteiger charge is 2.23. The standard InChI is InChI=1S/C20H18N4/c1-2-24-12-16-11-22-23-20(16)17-5-3-14(10-19(17)24)13-4-6-18-15(9-13)7-8-21-18/h3-11,21H,2,12H2,1H3,(H,22,23). The molecule has 2 N–H and O–H groups in total. The Balaban J connectivity index is 1.67. The van der Waals surface area contributed by atoms with Gasteiger partial charge in [-0.15, -0.1) is 0 Å². The molecule has 0 amide bonds. The third-order valence-corrected chi connectivity index (χ3v) is 4.96. The zero-order chi connectivity index (χ0) is 16.1. The highest BCUT2D eigenvalue weighted by molar-refractivity contribution is 5.88. The van der Waals surface area contributed by atoms with E-state index >= 15 is 0 Å². The van der Waals surface area contributed by atoms with Crippen LogP contribution in [-0.4, -0.2) is 21.7 Å². The first-order chi connectivity index (χ1) is 11.8. The minimum atomic E-state index is 0.912. The van der Waals surface area contributed by atoms with Gasteiger partial charge in [-0.05, 0) is 47.7 Å². The van der Waals surface area contributed by atoms with Gasteiger partial charge in [-0.25, -0.2) is 0 Å². The molecule has 4 heteroatoms. The number of nitrogens with one attached hydrogen (secondary N) is 2. The number of hydrogen-bond donors (Lipinski definition) is 2. The molecular formula is C20H18N4. The van der Waals surface area contributed by atoms with Crippen LogP contribution in [0.1, 0.15) is 12.5 Å². The first kappa shape index (κ1) is 13.4. The Bertz CT molecular complexity index is 1040. The van der Waals surface area contributed by atoms with Crippen molar-refractivity contribution in [2.45, 2.75) is 13.5 Å². The smallest absolute Gasteiger partial charge is 0.0720 e. The third kappa shape index (κ3) is 1.89. The summed E-state index contributed by atoms with van der Waals surface area (Å²) in [6, 6.07) is 15.4. The number of nitrogens with zero attached hydrogens (tertiary/aromatic N) is 2. The second-order valence-corrected chi connectivity index (χ2v) is 6.30. The van der Waals surface area contributed by atoms with E-state index in [0.29, 0.717) is 0 Å². The number of fused-ring (bicyclic) bond motifs is 4. The number of anilines is 1. The molecule has 0 bridgehead atoms. The van der Waals surface area contributed by atoms with Crippen LogP contribution < -0.4 is 4.90 Å². The second-order valence-electron chi connectivity index (χ2n) is 6.30. The largest absolute Gasteiger partial charge is 0.367 e. The minimum absolute atomic E-state index is 0.912. The fraction of sp³-hybridized carbons (Fsp3) is 0.150. The molecule has 0 spiro atoms. The highest BCUT2D eigenvalue weighted by Crippen LogP contribution is 2.40. The van der Waals surface area contributed by atoms with Crippen molar-refractivity contribution >= 4 is 16.6 Å². The van der Waals surface area contributed by atoms with Gasteiger partial charge in [-0.1, -0.05) is 18.2 Å². The van der Waals surface area contributed by atoms with Crippen molar-refractivity contribution in [1.82, 2.24) is 15.2 Å². The molecule has 2 aromatic carbocycles. The second kappa shape index (κ2) is 4.99. The summed E-state index contributed by atoms with van der Waals surface area (Å²) in [7, 11) is 0. The number of aromatic amines is 2. The van der Waals surface area contributed by atoms with E-state index in [0.717, 1.165) is 18.8 Å². The number of aromatic nitrogens is 3. The number of benzene rings is 2. The van der Waals surface area contributed by atoms with Crippen LogP contribution in [0.3, 0.4) is 0 Å². The maximum absolute atomic E-state index is 4.23. The van der Waals surface area contributed by atoms with Gasteiger partial charge < -0.3 is 9.88 Å². The molecule has 1 aliphatic heterocycles. The van der Waals surface area contributed by atoms with Gasteiger partial charge in [0.15, 0.2) is 0 Å². The van der Waals surface area contributed by atoms with Crippen LogP contribution in [0.2, 0.25) is 0 Å². The van der Waals surface area contributed by atoms with Crippen molar-refractivity contribution in [2.75, 3.05) is 11.4 Å². The first-order valence-electron chi connectivity index (χ1n) is 8.32. The van der Waals surface area contributed by atoms with Gasteiger partial charge in [0.2, 0.25) is 0 Å². The lowest BCUT2D eigenvalue weighted by Gasteiger charge is -2.30. The summed E-state index contributed by atoms with van der Waals surface area (Å²) in [4.78, 5) is 5.66. The molecule has 5 rings (SSSR count). The fourth-order valence-corrected chi connectivity index (χ4v) is 3.65. The van der Waals surface area contributed by atoms with Crippen LogP contribution in [0.15, 0.2) is 54.9 Å². The van der Waals surface area contributed by atoms with E-state index in [1.54, 1.807) is 0 Å². The maximum atomic E-state index is 4.23. The molecule has 0 atom stereocenters. The van der Waals surface area contributed by atoms with Crippen molar-refractivity contribution in [3.05, 3.63) is 60.4 Å². The number of hydrogen-bond acceptors (Lipinski definition) is 2. The van der Waals surface area contributed by atoms with Gasteiger partial charge in [0, 0.05) is 41.6 Å². The van der Waals surface area contributed by atoms with Crippen molar-refractivity contribution < 1.29 is 0 Å². The van der Waals surface area contributed by atoms with E-state index in [2.05, 4.69) is 69.5 Å². The first-order valence-corrected chi connectivity index (χ1v) is 8.32. The monoisotopic (exact) mass is 314 g/mol. The zero-order valence-corrected chi connectivity index (χ0v) is 13.5. The van der Waals surface area contributed by atoms with E-state index in [1.807, 2.05) is 12.4 Å². The predicted octanol–water partition coefficient (Wildman–Crippen LogP) is 4.56. The van der Waals surface area contributed by atoms with Gasteiger partial charge in [0.05, 0.1) is 11.9 Å². The molecule has 1 aliphatic rings. The van der Waals surface area contributed by atoms with E-state index < -0.39 is 0 Å². The van der Waals surface area contributed by atoms with E-state index in [1.165, 1.54) is 38.8 Å². The van der Waals surface area contributed by atoms with E-state index in [4.69, 9.17) is 0 Å². The molecule has 0 radical (unpaired) electrons. The molecule has 118 valence electrons. The quantitative estimate of drug-likeness (QED) is 0.569. The van der Waals surface area contributed by atoms with Gasteiger partial charge in [0.1, 0.15) is 0 Å². The molecule has 0 aliphatic carbocycles. The molecule has 0 saturated carbocycles. The Morgan fingerprint density at radius 2 is 1.96 bits per heavy atom. The fourth-order valence-electron chi connectivity index (χ4n) is 3.65. The molecule has 4 aromatic rings. The number of H-pyrrole nitrogens is 2. The summed E-state index contributed by atoms with van der Waals surface area (Å²) in [6.07, 6.45) is 3.93.